The quantitative estimate of drug-likeness (QED) is 0.414. The van der Waals surface area contributed by atoms with Gasteiger partial charge in [-0.3, -0.25) is 9.59 Å². The van der Waals surface area contributed by atoms with Crippen molar-refractivity contribution in [1.82, 2.24) is 5.32 Å². The van der Waals surface area contributed by atoms with E-state index in [4.69, 9.17) is 14.6 Å². The molecule has 0 unspecified atom stereocenters. The first-order valence-corrected chi connectivity index (χ1v) is 5.81. The molecule has 6 nitrogen and oxygen atoms in total. The molecule has 0 saturated carbocycles. The lowest BCUT2D eigenvalue weighted by molar-refractivity contribution is -0.146. The number of rotatable bonds is 10. The van der Waals surface area contributed by atoms with Gasteiger partial charge in [0.25, 0.3) is 0 Å². The van der Waals surface area contributed by atoms with Crippen LogP contribution in [0.5, 0.6) is 0 Å². The topological polar surface area (TPSA) is 84.9 Å². The summed E-state index contributed by atoms with van der Waals surface area (Å²) in [5, 5.41) is 11.1. The van der Waals surface area contributed by atoms with Gasteiger partial charge in [0, 0.05) is 13.0 Å². The Kier molecular flexibility index (Phi) is 10.6. The third-order valence-corrected chi connectivity index (χ3v) is 1.85. The first kappa shape index (κ1) is 15.9. The Morgan fingerprint density at radius 1 is 1.18 bits per heavy atom. The summed E-state index contributed by atoms with van der Waals surface area (Å²) >= 11 is 0. The standard InChI is InChI=1S/C11H21NO5/c1-2-5-12-10(14)3-4-11(15)17-9-8-16-7-6-13/h13H,2-9H2,1H3,(H,12,14). The second kappa shape index (κ2) is 11.3. The fourth-order valence-electron chi connectivity index (χ4n) is 1.02. The monoisotopic (exact) mass is 247 g/mol. The third kappa shape index (κ3) is 11.1. The number of aliphatic hydroxyl groups is 1. The Labute approximate surface area is 101 Å². The van der Waals surface area contributed by atoms with Gasteiger partial charge < -0.3 is 19.9 Å². The molecule has 0 radical (unpaired) electrons. The molecule has 0 rings (SSSR count). The highest BCUT2D eigenvalue weighted by Crippen LogP contribution is 1.93. The number of amides is 1. The van der Waals surface area contributed by atoms with Gasteiger partial charge in [-0.15, -0.1) is 0 Å². The maximum absolute atomic E-state index is 11.2. The van der Waals surface area contributed by atoms with Crippen LogP contribution in [0.2, 0.25) is 0 Å². The van der Waals surface area contributed by atoms with E-state index in [-0.39, 0.29) is 45.2 Å². The number of nitrogens with one attached hydrogen (secondary N) is 1. The largest absolute Gasteiger partial charge is 0.463 e. The Bertz CT molecular complexity index is 220. The summed E-state index contributed by atoms with van der Waals surface area (Å²) in [7, 11) is 0. The van der Waals surface area contributed by atoms with Crippen LogP contribution in [0.4, 0.5) is 0 Å². The van der Waals surface area contributed by atoms with Crippen molar-refractivity contribution in [2.75, 3.05) is 33.0 Å². The molecule has 2 N–H and O–H groups in total. The van der Waals surface area contributed by atoms with Gasteiger partial charge in [0.1, 0.15) is 6.61 Å². The SMILES string of the molecule is CCCNC(=O)CCC(=O)OCCOCCO. The van der Waals surface area contributed by atoms with Gasteiger partial charge in [0.2, 0.25) is 5.91 Å². The van der Waals surface area contributed by atoms with Crippen LogP contribution in [0.15, 0.2) is 0 Å². The molecule has 6 heteroatoms. The van der Waals surface area contributed by atoms with E-state index in [1.807, 2.05) is 6.92 Å². The summed E-state index contributed by atoms with van der Waals surface area (Å²) in [6.07, 6.45) is 1.10. The minimum Gasteiger partial charge on any atom is -0.463 e. The molecule has 0 aliphatic heterocycles. The maximum Gasteiger partial charge on any atom is 0.306 e. The van der Waals surface area contributed by atoms with E-state index in [0.29, 0.717) is 6.54 Å². The van der Waals surface area contributed by atoms with Crippen LogP contribution in [0, 0.1) is 0 Å². The molecule has 0 atom stereocenters. The first-order valence-electron chi connectivity index (χ1n) is 5.81. The highest BCUT2D eigenvalue weighted by Gasteiger charge is 2.07. The second-order valence-corrected chi connectivity index (χ2v) is 3.41. The van der Waals surface area contributed by atoms with Crippen molar-refractivity contribution < 1.29 is 24.2 Å². The molecule has 0 heterocycles. The molecule has 1 amide bonds. The van der Waals surface area contributed by atoms with E-state index in [9.17, 15) is 9.59 Å². The average Bonchev–Trinajstić information content (AvgIpc) is 2.33. The van der Waals surface area contributed by atoms with Crippen molar-refractivity contribution in [3.05, 3.63) is 0 Å². The van der Waals surface area contributed by atoms with Crippen molar-refractivity contribution in [2.24, 2.45) is 0 Å². The molecule has 0 aliphatic carbocycles. The van der Waals surface area contributed by atoms with E-state index < -0.39 is 5.97 Å². The van der Waals surface area contributed by atoms with Gasteiger partial charge in [-0.1, -0.05) is 6.92 Å². The van der Waals surface area contributed by atoms with Crippen molar-refractivity contribution in [1.29, 1.82) is 0 Å². The van der Waals surface area contributed by atoms with E-state index in [1.54, 1.807) is 0 Å². The highest BCUT2D eigenvalue weighted by molar-refractivity contribution is 5.81. The molecule has 0 aromatic heterocycles. The maximum atomic E-state index is 11.2. The fourth-order valence-corrected chi connectivity index (χ4v) is 1.02. The van der Waals surface area contributed by atoms with Crippen LogP contribution >= 0.6 is 0 Å². The molecule has 0 aliphatic rings. The Morgan fingerprint density at radius 2 is 1.94 bits per heavy atom. The van der Waals surface area contributed by atoms with Crippen LogP contribution in [0.1, 0.15) is 26.2 Å². The zero-order valence-electron chi connectivity index (χ0n) is 10.2. The molecule has 0 bridgehead atoms. The van der Waals surface area contributed by atoms with Crippen molar-refractivity contribution >= 4 is 11.9 Å². The number of hydrogen-bond acceptors (Lipinski definition) is 5. The molecule has 0 fully saturated rings. The number of esters is 1. The summed E-state index contributed by atoms with van der Waals surface area (Å²) in [4.78, 5) is 22.3. The molecule has 0 aromatic rings. The summed E-state index contributed by atoms with van der Waals surface area (Å²) in [6.45, 7) is 3.18. The van der Waals surface area contributed by atoms with Crippen LogP contribution < -0.4 is 5.32 Å². The van der Waals surface area contributed by atoms with Gasteiger partial charge in [-0.2, -0.15) is 0 Å². The third-order valence-electron chi connectivity index (χ3n) is 1.85. The van der Waals surface area contributed by atoms with Crippen LogP contribution in [0.3, 0.4) is 0 Å². The fraction of sp³-hybridized carbons (Fsp3) is 0.818. The number of carbonyl (C=O) groups excluding carboxylic acids is 2. The lowest BCUT2D eigenvalue weighted by Gasteiger charge is -2.05. The number of aliphatic hydroxyl groups excluding tert-OH is 1. The van der Waals surface area contributed by atoms with E-state index >= 15 is 0 Å². The molecule has 17 heavy (non-hydrogen) atoms. The molecular weight excluding hydrogens is 226 g/mol. The van der Waals surface area contributed by atoms with Gasteiger partial charge in [-0.05, 0) is 6.42 Å². The second-order valence-electron chi connectivity index (χ2n) is 3.41. The number of ether oxygens (including phenoxy) is 2. The van der Waals surface area contributed by atoms with Crippen LogP contribution in [-0.2, 0) is 19.1 Å². The van der Waals surface area contributed by atoms with Crippen LogP contribution in [-0.4, -0.2) is 50.0 Å². The lowest BCUT2D eigenvalue weighted by Crippen LogP contribution is -2.24. The van der Waals surface area contributed by atoms with Crippen molar-refractivity contribution in [3.63, 3.8) is 0 Å². The summed E-state index contributed by atoms with van der Waals surface area (Å²) < 4.78 is 9.72. The molecule has 0 spiro atoms. The van der Waals surface area contributed by atoms with Gasteiger partial charge in [-0.25, -0.2) is 0 Å². The normalized spacial score (nSPS) is 10.0. The smallest absolute Gasteiger partial charge is 0.306 e. The Hall–Kier alpha value is -1.14. The first-order chi connectivity index (χ1) is 8.20. The molecule has 0 aromatic carbocycles. The van der Waals surface area contributed by atoms with E-state index in [1.165, 1.54) is 0 Å². The molecular formula is C11H21NO5. The zero-order chi connectivity index (χ0) is 12.9. The Morgan fingerprint density at radius 3 is 2.59 bits per heavy atom. The number of hydrogen-bond donors (Lipinski definition) is 2. The van der Waals surface area contributed by atoms with Crippen LogP contribution in [0.25, 0.3) is 0 Å². The molecule has 0 saturated heterocycles. The van der Waals surface area contributed by atoms with Gasteiger partial charge >= 0.3 is 5.97 Å². The minimum atomic E-state index is -0.413. The highest BCUT2D eigenvalue weighted by atomic mass is 16.6. The zero-order valence-corrected chi connectivity index (χ0v) is 10.2. The summed E-state index contributed by atoms with van der Waals surface area (Å²) in [6, 6.07) is 0. The predicted octanol–water partition coefficient (Wildman–Crippen LogP) is -0.155. The van der Waals surface area contributed by atoms with Gasteiger partial charge in [0.05, 0.1) is 26.2 Å². The number of carbonyl (C=O) groups is 2. The lowest BCUT2D eigenvalue weighted by atomic mass is 10.3. The van der Waals surface area contributed by atoms with E-state index in [2.05, 4.69) is 5.32 Å². The average molecular weight is 247 g/mol. The Balaban J connectivity index is 3.36. The van der Waals surface area contributed by atoms with Gasteiger partial charge in [0.15, 0.2) is 0 Å². The molecule has 100 valence electrons. The van der Waals surface area contributed by atoms with E-state index in [0.717, 1.165) is 6.42 Å². The summed E-state index contributed by atoms with van der Waals surface area (Å²) in [5.74, 6) is -0.551. The summed E-state index contributed by atoms with van der Waals surface area (Å²) in [5.41, 5.74) is 0. The predicted molar refractivity (Wildman–Crippen MR) is 61.4 cm³/mol. The van der Waals surface area contributed by atoms with Crippen molar-refractivity contribution in [3.8, 4) is 0 Å². The van der Waals surface area contributed by atoms with Crippen molar-refractivity contribution in [2.45, 2.75) is 26.2 Å². The minimum absolute atomic E-state index is 0.0501.